The fourth-order valence-electron chi connectivity index (χ4n) is 3.15. The number of para-hydroxylation sites is 1. The smallest absolute Gasteiger partial charge is 0.200 e. The Bertz CT molecular complexity index is 895. The SMILES string of the molecule is CC/C(N)=C\C=C(/CC)N(C)c1c(N)cccc1-c1cc(OC)c(O)c(OC)c1. The van der Waals surface area contributed by atoms with E-state index in [-0.39, 0.29) is 5.75 Å². The van der Waals surface area contributed by atoms with Crippen LogP contribution in [0.4, 0.5) is 11.4 Å². The number of nitrogens with two attached hydrogens (primary N) is 2. The van der Waals surface area contributed by atoms with Crippen LogP contribution in [-0.2, 0) is 0 Å². The molecule has 0 heterocycles. The Morgan fingerprint density at radius 2 is 1.69 bits per heavy atom. The van der Waals surface area contributed by atoms with Gasteiger partial charge in [0, 0.05) is 24.0 Å². The summed E-state index contributed by atoms with van der Waals surface area (Å²) in [5, 5.41) is 10.3. The first-order chi connectivity index (χ1) is 13.9. The van der Waals surface area contributed by atoms with Gasteiger partial charge in [-0.15, -0.1) is 0 Å². The number of phenols is 1. The van der Waals surface area contributed by atoms with E-state index in [9.17, 15) is 5.11 Å². The summed E-state index contributed by atoms with van der Waals surface area (Å²) in [7, 11) is 5.00. The van der Waals surface area contributed by atoms with Crippen LogP contribution in [0.2, 0.25) is 0 Å². The number of phenolic OH excluding ortho intramolecular Hbond substituents is 1. The summed E-state index contributed by atoms with van der Waals surface area (Å²) >= 11 is 0. The molecule has 6 heteroatoms. The van der Waals surface area contributed by atoms with Crippen LogP contribution in [0.25, 0.3) is 11.1 Å². The fraction of sp³-hybridized carbons (Fsp3) is 0.304. The minimum Gasteiger partial charge on any atom is -0.502 e. The second-order valence-electron chi connectivity index (χ2n) is 6.64. The Balaban J connectivity index is 2.66. The van der Waals surface area contributed by atoms with Gasteiger partial charge >= 0.3 is 0 Å². The van der Waals surface area contributed by atoms with Crippen LogP contribution in [0.5, 0.6) is 17.2 Å². The quantitative estimate of drug-likeness (QED) is 0.444. The summed E-state index contributed by atoms with van der Waals surface area (Å²) in [5.74, 6) is 0.632. The Morgan fingerprint density at radius 1 is 1.07 bits per heavy atom. The minimum atomic E-state index is -0.0353. The molecule has 0 bridgehead atoms. The van der Waals surface area contributed by atoms with Crippen molar-refractivity contribution in [2.75, 3.05) is 31.9 Å². The molecule has 6 nitrogen and oxygen atoms in total. The molecule has 2 aromatic carbocycles. The molecule has 0 saturated carbocycles. The van der Waals surface area contributed by atoms with Crippen molar-refractivity contribution in [3.05, 3.63) is 53.9 Å². The van der Waals surface area contributed by atoms with Crippen LogP contribution in [-0.4, -0.2) is 26.4 Å². The molecule has 0 radical (unpaired) electrons. The molecule has 2 aromatic rings. The molecule has 2 rings (SSSR count). The van der Waals surface area contributed by atoms with E-state index in [0.29, 0.717) is 17.2 Å². The van der Waals surface area contributed by atoms with E-state index < -0.39 is 0 Å². The number of aromatic hydroxyl groups is 1. The Kier molecular flexibility index (Phi) is 7.42. The van der Waals surface area contributed by atoms with Crippen molar-refractivity contribution < 1.29 is 14.6 Å². The number of nitrogens with zero attached hydrogens (tertiary/aromatic N) is 1. The molecule has 0 aliphatic carbocycles. The van der Waals surface area contributed by atoms with Gasteiger partial charge in [-0.3, -0.25) is 0 Å². The summed E-state index contributed by atoms with van der Waals surface area (Å²) < 4.78 is 10.6. The van der Waals surface area contributed by atoms with E-state index in [2.05, 4.69) is 11.8 Å². The van der Waals surface area contributed by atoms with Gasteiger partial charge in [0.05, 0.1) is 25.6 Å². The Hall–Kier alpha value is -3.28. The van der Waals surface area contributed by atoms with Crippen LogP contribution >= 0.6 is 0 Å². The van der Waals surface area contributed by atoms with Crippen molar-refractivity contribution in [3.8, 4) is 28.4 Å². The number of rotatable bonds is 8. The first kappa shape index (κ1) is 22.0. The first-order valence-electron chi connectivity index (χ1n) is 9.60. The highest BCUT2D eigenvalue weighted by molar-refractivity contribution is 5.89. The van der Waals surface area contributed by atoms with Gasteiger partial charge in [0.15, 0.2) is 11.5 Å². The zero-order valence-electron chi connectivity index (χ0n) is 17.8. The molecule has 0 spiro atoms. The predicted octanol–water partition coefficient (Wildman–Crippen LogP) is 4.64. The lowest BCUT2D eigenvalue weighted by Gasteiger charge is -2.27. The van der Waals surface area contributed by atoms with Crippen LogP contribution in [0.3, 0.4) is 0 Å². The van der Waals surface area contributed by atoms with E-state index in [1.165, 1.54) is 14.2 Å². The number of hydrogen-bond acceptors (Lipinski definition) is 6. The molecule has 0 unspecified atom stereocenters. The van der Waals surface area contributed by atoms with Crippen molar-refractivity contribution in [1.29, 1.82) is 0 Å². The van der Waals surface area contributed by atoms with Crippen LogP contribution < -0.4 is 25.8 Å². The highest BCUT2D eigenvalue weighted by atomic mass is 16.5. The fourth-order valence-corrected chi connectivity index (χ4v) is 3.15. The average Bonchev–Trinajstić information content (AvgIpc) is 2.73. The highest BCUT2D eigenvalue weighted by Crippen LogP contribution is 2.44. The van der Waals surface area contributed by atoms with E-state index in [0.717, 1.165) is 41.1 Å². The second-order valence-corrected chi connectivity index (χ2v) is 6.64. The second kappa shape index (κ2) is 9.78. The lowest BCUT2D eigenvalue weighted by molar-refractivity contribution is 0.340. The van der Waals surface area contributed by atoms with Gasteiger partial charge in [0.2, 0.25) is 5.75 Å². The maximum Gasteiger partial charge on any atom is 0.200 e. The molecule has 29 heavy (non-hydrogen) atoms. The average molecular weight is 398 g/mol. The minimum absolute atomic E-state index is 0.0353. The molecule has 0 aromatic heterocycles. The number of benzene rings is 2. The molecule has 156 valence electrons. The number of hydrogen-bond donors (Lipinski definition) is 3. The number of anilines is 2. The summed E-state index contributed by atoms with van der Waals surface area (Å²) in [6.07, 6.45) is 5.55. The highest BCUT2D eigenvalue weighted by Gasteiger charge is 2.18. The van der Waals surface area contributed by atoms with Gasteiger partial charge in [-0.25, -0.2) is 0 Å². The lowest BCUT2D eigenvalue weighted by atomic mass is 10.00. The van der Waals surface area contributed by atoms with Gasteiger partial charge in [-0.2, -0.15) is 0 Å². The zero-order chi connectivity index (χ0) is 21.6. The van der Waals surface area contributed by atoms with E-state index in [1.54, 1.807) is 12.1 Å². The van der Waals surface area contributed by atoms with Crippen molar-refractivity contribution >= 4 is 11.4 Å². The van der Waals surface area contributed by atoms with E-state index in [4.69, 9.17) is 20.9 Å². The summed E-state index contributed by atoms with van der Waals surface area (Å²) in [5.41, 5.74) is 17.5. The largest absolute Gasteiger partial charge is 0.502 e. The standard InChI is InChI=1S/C23H31N3O3/c1-6-16(24)11-12-17(7-2)26(3)22-18(9-8-10-19(22)25)15-13-20(28-4)23(27)21(14-15)29-5/h8-14,27H,6-7,24-25H2,1-5H3/b16-11+,17-12+. The maximum atomic E-state index is 10.3. The predicted molar refractivity (Wildman–Crippen MR) is 120 cm³/mol. The van der Waals surface area contributed by atoms with Gasteiger partial charge in [-0.1, -0.05) is 26.0 Å². The normalized spacial score (nSPS) is 12.0. The molecule has 0 fully saturated rings. The van der Waals surface area contributed by atoms with Crippen LogP contribution in [0.15, 0.2) is 53.9 Å². The van der Waals surface area contributed by atoms with Gasteiger partial charge in [-0.05, 0) is 48.8 Å². The third-order valence-electron chi connectivity index (χ3n) is 4.88. The van der Waals surface area contributed by atoms with E-state index >= 15 is 0 Å². The van der Waals surface area contributed by atoms with E-state index in [1.807, 2.05) is 44.3 Å². The molecule has 0 aliphatic rings. The third kappa shape index (κ3) is 4.77. The molecule has 0 atom stereocenters. The number of allylic oxidation sites excluding steroid dienone is 4. The van der Waals surface area contributed by atoms with Crippen molar-refractivity contribution in [1.82, 2.24) is 0 Å². The molecular formula is C23H31N3O3. The van der Waals surface area contributed by atoms with Crippen molar-refractivity contribution in [3.63, 3.8) is 0 Å². The zero-order valence-corrected chi connectivity index (χ0v) is 17.8. The molecule has 0 aliphatic heterocycles. The van der Waals surface area contributed by atoms with Crippen molar-refractivity contribution in [2.24, 2.45) is 5.73 Å². The molecule has 0 amide bonds. The van der Waals surface area contributed by atoms with Crippen molar-refractivity contribution in [2.45, 2.75) is 26.7 Å². The molecular weight excluding hydrogens is 366 g/mol. The Morgan fingerprint density at radius 3 is 2.21 bits per heavy atom. The Labute approximate surface area is 173 Å². The first-order valence-corrected chi connectivity index (χ1v) is 9.60. The van der Waals surface area contributed by atoms with Crippen LogP contribution in [0, 0.1) is 0 Å². The number of ether oxygens (including phenoxy) is 2. The lowest BCUT2D eigenvalue weighted by Crippen LogP contribution is -2.18. The van der Waals surface area contributed by atoms with Gasteiger partial charge in [0.1, 0.15) is 0 Å². The summed E-state index contributed by atoms with van der Waals surface area (Å²) in [6.45, 7) is 4.11. The van der Waals surface area contributed by atoms with Gasteiger partial charge < -0.3 is 30.9 Å². The number of methoxy groups -OCH3 is 2. The monoisotopic (exact) mass is 397 g/mol. The van der Waals surface area contributed by atoms with Gasteiger partial charge in [0.25, 0.3) is 0 Å². The topological polar surface area (TPSA) is 94.0 Å². The molecule has 0 saturated heterocycles. The van der Waals surface area contributed by atoms with Crippen LogP contribution in [0.1, 0.15) is 26.7 Å². The third-order valence-corrected chi connectivity index (χ3v) is 4.88. The maximum absolute atomic E-state index is 10.3. The summed E-state index contributed by atoms with van der Waals surface area (Å²) in [4.78, 5) is 2.07. The summed E-state index contributed by atoms with van der Waals surface area (Å²) in [6, 6.07) is 9.30. The molecule has 5 N–H and O–H groups in total. The number of nitrogen functional groups attached to an aromatic ring is 1.